The normalized spacial score (nSPS) is 20.4. The number of nitrogens with one attached hydrogen (secondary N) is 2. The Bertz CT molecular complexity index is 2450. The first-order valence-corrected chi connectivity index (χ1v) is 21.1. The molecule has 1 aromatic heterocycles. The van der Waals surface area contributed by atoms with Gasteiger partial charge < -0.3 is 24.1 Å². The van der Waals surface area contributed by atoms with Gasteiger partial charge in [0.1, 0.15) is 25.1 Å². The third-order valence-corrected chi connectivity index (χ3v) is 12.2. The fourth-order valence-corrected chi connectivity index (χ4v) is 7.87. The fourth-order valence-electron chi connectivity index (χ4n) is 7.67. The summed E-state index contributed by atoms with van der Waals surface area (Å²) in [7, 11) is -0.752. The number of alkyl carbamates (subject to hydrolysis) is 2. The van der Waals surface area contributed by atoms with Gasteiger partial charge in [-0.05, 0) is 86.7 Å². The second-order valence-corrected chi connectivity index (χ2v) is 18.9. The number of aliphatic imine (C=N–C) groups is 1. The number of carbonyl (C=O) groups is 3. The lowest BCUT2D eigenvalue weighted by molar-refractivity contribution is -0.164. The average molecular weight is 928 g/mol. The third kappa shape index (κ3) is 9.70. The third-order valence-electron chi connectivity index (χ3n) is 11.9. The maximum atomic E-state index is 15.7. The molecule has 346 valence electrons. The molecule has 21 heteroatoms. The number of amides is 3. The van der Waals surface area contributed by atoms with Crippen molar-refractivity contribution in [3.05, 3.63) is 107 Å². The molecular weight excluding hydrogens is 880 g/mol. The summed E-state index contributed by atoms with van der Waals surface area (Å²) in [5.41, 5.74) is -4.67. The van der Waals surface area contributed by atoms with Crippen molar-refractivity contribution >= 4 is 48.2 Å². The van der Waals surface area contributed by atoms with Gasteiger partial charge in [-0.3, -0.25) is 15.0 Å². The van der Waals surface area contributed by atoms with Crippen LogP contribution < -0.4 is 16.1 Å². The van der Waals surface area contributed by atoms with Crippen LogP contribution in [0.15, 0.2) is 84.1 Å². The number of benzene rings is 3. The molecule has 1 saturated carbocycles. The highest BCUT2D eigenvalue weighted by atomic mass is 35.5. The molecule has 14 nitrogen and oxygen atoms in total. The number of halogens is 6. The molecule has 3 aliphatic rings. The van der Waals surface area contributed by atoms with E-state index in [2.05, 4.69) is 15.4 Å². The predicted molar refractivity (Wildman–Crippen MR) is 229 cm³/mol. The van der Waals surface area contributed by atoms with E-state index in [4.69, 9.17) is 35.4 Å². The van der Waals surface area contributed by atoms with Crippen molar-refractivity contribution in [2.45, 2.75) is 115 Å². The highest BCUT2D eigenvalue weighted by molar-refractivity contribution is 6.62. The van der Waals surface area contributed by atoms with Crippen LogP contribution in [-0.2, 0) is 35.7 Å². The van der Waals surface area contributed by atoms with Crippen LogP contribution in [0.4, 0.5) is 31.5 Å². The number of ether oxygens (including phenoxy) is 2. The Morgan fingerprint density at radius 3 is 2.15 bits per heavy atom. The van der Waals surface area contributed by atoms with Crippen LogP contribution >= 0.6 is 11.6 Å². The number of aromatic nitrogens is 3. The number of rotatable bonds is 12. The first-order valence-electron chi connectivity index (χ1n) is 20.7. The van der Waals surface area contributed by atoms with E-state index in [1.54, 1.807) is 54.6 Å². The Hall–Kier alpha value is -5.60. The molecule has 7 rings (SSSR count). The van der Waals surface area contributed by atoms with E-state index in [1.165, 1.54) is 18.2 Å². The van der Waals surface area contributed by atoms with Gasteiger partial charge in [0.15, 0.2) is 11.4 Å². The molecule has 0 unspecified atom stereocenters. The van der Waals surface area contributed by atoms with E-state index in [1.807, 2.05) is 53.8 Å². The Balaban J connectivity index is 1.34. The van der Waals surface area contributed by atoms with Crippen LogP contribution in [0.25, 0.3) is 5.69 Å². The van der Waals surface area contributed by atoms with E-state index in [0.29, 0.717) is 16.6 Å². The lowest BCUT2D eigenvalue weighted by Crippen LogP contribution is -2.51. The van der Waals surface area contributed by atoms with Crippen molar-refractivity contribution in [3.8, 4) is 5.69 Å². The zero-order valence-corrected chi connectivity index (χ0v) is 37.4. The lowest BCUT2D eigenvalue weighted by atomic mass is 9.73. The van der Waals surface area contributed by atoms with Gasteiger partial charge in [0.25, 0.3) is 12.3 Å². The lowest BCUT2D eigenvalue weighted by Gasteiger charge is -2.35. The summed E-state index contributed by atoms with van der Waals surface area (Å²) in [6, 6.07) is 18.1. The summed E-state index contributed by atoms with van der Waals surface area (Å²) in [6.07, 6.45) is -10.2. The van der Waals surface area contributed by atoms with Crippen LogP contribution in [0.2, 0.25) is 5.02 Å². The molecule has 0 spiro atoms. The van der Waals surface area contributed by atoms with Crippen molar-refractivity contribution in [3.63, 3.8) is 0 Å². The topological polar surface area (TPSA) is 158 Å². The molecule has 0 radical (unpaired) electrons. The summed E-state index contributed by atoms with van der Waals surface area (Å²) in [6.45, 7) is 12.3. The number of carbonyl (C=O) groups excluding carboxylic acids is 3. The van der Waals surface area contributed by atoms with Gasteiger partial charge >= 0.3 is 25.5 Å². The van der Waals surface area contributed by atoms with Crippen LogP contribution in [0.3, 0.4) is 0 Å². The predicted octanol–water partition coefficient (Wildman–Crippen LogP) is 8.48. The Labute approximate surface area is 377 Å². The van der Waals surface area contributed by atoms with Crippen LogP contribution in [0, 0.1) is 5.41 Å². The standard InChI is InChI=1S/C44H48BClF5N7O7/c1-39(2,3)24-43(28-14-16-29(17-15-28)45-64-40(4,5)41(6,7)65-45)35(59)57(36(55-43)54-37(60)62-22-26-11-9-8-10-12-26)32(23-63-38(61)56-42(19-20-42)44(49,50)51)27-13-18-30(46)31(21-27)58-34(33(47)48)52-25-53-58/h8-18,21,25,32-33H,19-20,22-24H2,1-7H3,(H,56,61)(H,54,55,60)/t32-,43-/m1/s1. The first kappa shape index (κ1) is 47.4. The van der Waals surface area contributed by atoms with E-state index >= 15 is 4.79 Å². The Morgan fingerprint density at radius 1 is 0.923 bits per heavy atom. The zero-order chi connectivity index (χ0) is 47.3. The molecule has 2 atom stereocenters. The average Bonchev–Trinajstić information content (AvgIpc) is 3.67. The summed E-state index contributed by atoms with van der Waals surface area (Å²) in [5, 5.41) is 8.35. The monoisotopic (exact) mass is 927 g/mol. The number of hydrogen-bond acceptors (Lipinski definition) is 10. The molecular formula is C44H48BClF5N7O7. The highest BCUT2D eigenvalue weighted by Crippen LogP contribution is 2.49. The SMILES string of the molecule is CC(C)(C)C[C@]1(c2ccc(B3OC(C)(C)C(C)(C)O3)cc2)N=C(NC(=O)OCc2ccccc2)N([C@H](COC(=O)NC2(C(F)(F)F)CC2)c2ccc(Cl)c(-n3ncnc3C(F)F)c2)C1=O. The van der Waals surface area contributed by atoms with Gasteiger partial charge in [-0.15, -0.1) is 0 Å². The molecule has 2 aliphatic heterocycles. The molecule has 3 amide bonds. The molecule has 2 fully saturated rings. The second kappa shape index (κ2) is 17.3. The van der Waals surface area contributed by atoms with Crippen molar-refractivity contribution in [1.29, 1.82) is 0 Å². The van der Waals surface area contributed by atoms with Crippen molar-refractivity contribution in [1.82, 2.24) is 30.3 Å². The quantitative estimate of drug-likeness (QED) is 0.105. The number of hydrogen-bond donors (Lipinski definition) is 2. The maximum absolute atomic E-state index is 15.7. The summed E-state index contributed by atoms with van der Waals surface area (Å²) >= 11 is 6.55. The molecule has 2 N–H and O–H groups in total. The minimum Gasteiger partial charge on any atom is -0.447 e. The Kier molecular flexibility index (Phi) is 12.6. The fraction of sp³-hybridized carbons (Fsp3) is 0.455. The summed E-state index contributed by atoms with van der Waals surface area (Å²) < 4.78 is 94.4. The molecule has 3 aromatic carbocycles. The van der Waals surface area contributed by atoms with Gasteiger partial charge in [-0.25, -0.2) is 33.0 Å². The smallest absolute Gasteiger partial charge is 0.447 e. The van der Waals surface area contributed by atoms with Gasteiger partial charge in [-0.2, -0.15) is 18.3 Å². The van der Waals surface area contributed by atoms with Crippen molar-refractivity contribution < 1.29 is 55.1 Å². The zero-order valence-electron chi connectivity index (χ0n) is 36.6. The molecule has 4 aromatic rings. The van der Waals surface area contributed by atoms with Crippen LogP contribution in [-0.4, -0.2) is 80.4 Å². The summed E-state index contributed by atoms with van der Waals surface area (Å²) in [5.74, 6) is -1.89. The molecule has 65 heavy (non-hydrogen) atoms. The van der Waals surface area contributed by atoms with E-state index < -0.39 is 84.0 Å². The van der Waals surface area contributed by atoms with Gasteiger partial charge in [-0.1, -0.05) is 93.0 Å². The minimum atomic E-state index is -4.78. The van der Waals surface area contributed by atoms with Crippen molar-refractivity contribution in [2.75, 3.05) is 6.61 Å². The molecule has 0 bridgehead atoms. The second-order valence-electron chi connectivity index (χ2n) is 18.5. The number of alkyl halides is 5. The largest absolute Gasteiger partial charge is 0.494 e. The minimum absolute atomic E-state index is 0.0279. The first-order chi connectivity index (χ1) is 30.4. The number of guanidine groups is 1. The Morgan fingerprint density at radius 2 is 1.57 bits per heavy atom. The molecule has 1 aliphatic carbocycles. The van der Waals surface area contributed by atoms with Gasteiger partial charge in [0.2, 0.25) is 5.96 Å². The van der Waals surface area contributed by atoms with Crippen LogP contribution in [0.1, 0.15) is 103 Å². The van der Waals surface area contributed by atoms with Gasteiger partial charge in [0, 0.05) is 0 Å². The highest BCUT2D eigenvalue weighted by Gasteiger charge is 2.65. The van der Waals surface area contributed by atoms with E-state index in [0.717, 1.165) is 15.9 Å². The number of nitrogens with zero attached hydrogens (tertiary/aromatic N) is 5. The summed E-state index contributed by atoms with van der Waals surface area (Å²) in [4.78, 5) is 52.3. The van der Waals surface area contributed by atoms with E-state index in [-0.39, 0.29) is 48.1 Å². The molecule has 1 saturated heterocycles. The molecule has 3 heterocycles. The van der Waals surface area contributed by atoms with Gasteiger partial charge in [0.05, 0.1) is 28.0 Å². The maximum Gasteiger partial charge on any atom is 0.494 e. The van der Waals surface area contributed by atoms with E-state index in [9.17, 15) is 31.5 Å². The van der Waals surface area contributed by atoms with Crippen LogP contribution in [0.5, 0.6) is 0 Å². The van der Waals surface area contributed by atoms with Crippen molar-refractivity contribution in [2.24, 2.45) is 10.4 Å².